The summed E-state index contributed by atoms with van der Waals surface area (Å²) in [5.74, 6) is 0.200. The molecule has 0 saturated carbocycles. The second-order valence-electron chi connectivity index (χ2n) is 3.45. The maximum atomic E-state index is 10.9. The van der Waals surface area contributed by atoms with Gasteiger partial charge in [0.1, 0.15) is 9.84 Å². The molecule has 74 valence electrons. The quantitative estimate of drug-likeness (QED) is 0.707. The standard InChI is InChI=1S/C8H19NO2S/c1-4-8(9,5-2)6-7-12(3,10)11/h4-7,9H2,1-3H3. The van der Waals surface area contributed by atoms with E-state index >= 15 is 0 Å². The van der Waals surface area contributed by atoms with Crippen LogP contribution in [0, 0.1) is 0 Å². The van der Waals surface area contributed by atoms with Crippen molar-refractivity contribution in [2.45, 2.75) is 38.6 Å². The van der Waals surface area contributed by atoms with Gasteiger partial charge in [-0.25, -0.2) is 8.42 Å². The van der Waals surface area contributed by atoms with Crippen LogP contribution in [0.3, 0.4) is 0 Å². The molecule has 0 saturated heterocycles. The Kier molecular flexibility index (Phi) is 4.20. The molecule has 0 amide bonds. The second kappa shape index (κ2) is 4.23. The van der Waals surface area contributed by atoms with E-state index in [0.717, 1.165) is 12.8 Å². The molecule has 0 aromatic heterocycles. The fraction of sp³-hybridized carbons (Fsp3) is 1.00. The van der Waals surface area contributed by atoms with E-state index < -0.39 is 9.84 Å². The van der Waals surface area contributed by atoms with Crippen molar-refractivity contribution in [3.05, 3.63) is 0 Å². The van der Waals surface area contributed by atoms with Gasteiger partial charge in [-0.2, -0.15) is 0 Å². The molecule has 4 heteroatoms. The van der Waals surface area contributed by atoms with Gasteiger partial charge in [0.15, 0.2) is 0 Å². The molecule has 0 atom stereocenters. The highest BCUT2D eigenvalue weighted by atomic mass is 32.2. The molecule has 0 aliphatic rings. The highest BCUT2D eigenvalue weighted by Crippen LogP contribution is 2.16. The molecule has 0 unspecified atom stereocenters. The van der Waals surface area contributed by atoms with Crippen molar-refractivity contribution < 1.29 is 8.42 Å². The molecule has 2 N–H and O–H groups in total. The molecule has 0 radical (unpaired) electrons. The van der Waals surface area contributed by atoms with Gasteiger partial charge in [0, 0.05) is 11.8 Å². The Morgan fingerprint density at radius 3 is 1.92 bits per heavy atom. The predicted octanol–water partition coefficient (Wildman–Crippen LogP) is 0.939. The van der Waals surface area contributed by atoms with Crippen LogP contribution in [-0.4, -0.2) is 26.0 Å². The van der Waals surface area contributed by atoms with Gasteiger partial charge >= 0.3 is 0 Å². The number of hydrogen-bond acceptors (Lipinski definition) is 3. The maximum Gasteiger partial charge on any atom is 0.147 e. The van der Waals surface area contributed by atoms with E-state index in [2.05, 4.69) is 0 Å². The Labute approximate surface area is 75.3 Å². The lowest BCUT2D eigenvalue weighted by Gasteiger charge is -2.25. The van der Waals surface area contributed by atoms with Crippen molar-refractivity contribution >= 4 is 9.84 Å². The first-order valence-electron chi connectivity index (χ1n) is 4.29. The van der Waals surface area contributed by atoms with Crippen LogP contribution in [-0.2, 0) is 9.84 Å². The van der Waals surface area contributed by atoms with Crippen LogP contribution in [0.2, 0.25) is 0 Å². The molecule has 0 spiro atoms. The molecule has 12 heavy (non-hydrogen) atoms. The van der Waals surface area contributed by atoms with Crippen LogP contribution in [0.4, 0.5) is 0 Å². The van der Waals surface area contributed by atoms with E-state index in [-0.39, 0.29) is 11.3 Å². The number of nitrogens with two attached hydrogens (primary N) is 1. The molecular formula is C8H19NO2S. The van der Waals surface area contributed by atoms with Gasteiger partial charge in [0.25, 0.3) is 0 Å². The lowest BCUT2D eigenvalue weighted by molar-refractivity contribution is 0.383. The van der Waals surface area contributed by atoms with Crippen LogP contribution >= 0.6 is 0 Å². The zero-order valence-corrected chi connectivity index (χ0v) is 8.95. The summed E-state index contributed by atoms with van der Waals surface area (Å²) in [4.78, 5) is 0. The highest BCUT2D eigenvalue weighted by molar-refractivity contribution is 7.90. The number of hydrogen-bond donors (Lipinski definition) is 1. The van der Waals surface area contributed by atoms with Crippen molar-refractivity contribution in [1.82, 2.24) is 0 Å². The van der Waals surface area contributed by atoms with Gasteiger partial charge in [-0.05, 0) is 19.3 Å². The minimum absolute atomic E-state index is 0.200. The van der Waals surface area contributed by atoms with Crippen LogP contribution < -0.4 is 5.73 Å². The van der Waals surface area contributed by atoms with Crippen molar-refractivity contribution in [3.8, 4) is 0 Å². The number of rotatable bonds is 5. The predicted molar refractivity (Wildman–Crippen MR) is 51.8 cm³/mol. The molecule has 0 fully saturated rings. The van der Waals surface area contributed by atoms with Crippen molar-refractivity contribution in [1.29, 1.82) is 0 Å². The Hall–Kier alpha value is -0.0900. The highest BCUT2D eigenvalue weighted by Gasteiger charge is 2.21. The Balaban J connectivity index is 4.07. The summed E-state index contributed by atoms with van der Waals surface area (Å²) in [6.45, 7) is 3.98. The van der Waals surface area contributed by atoms with Crippen LogP contribution in [0.25, 0.3) is 0 Å². The Bertz CT molecular complexity index is 217. The molecule has 0 aliphatic carbocycles. The third-order valence-electron chi connectivity index (χ3n) is 2.38. The van der Waals surface area contributed by atoms with Gasteiger partial charge < -0.3 is 5.73 Å². The van der Waals surface area contributed by atoms with E-state index in [4.69, 9.17) is 5.73 Å². The minimum atomic E-state index is -2.86. The van der Waals surface area contributed by atoms with Crippen LogP contribution in [0.15, 0.2) is 0 Å². The zero-order chi connectivity index (χ0) is 9.83. The topological polar surface area (TPSA) is 60.2 Å². The lowest BCUT2D eigenvalue weighted by atomic mass is 9.91. The van der Waals surface area contributed by atoms with E-state index in [1.54, 1.807) is 0 Å². The molecule has 0 aromatic carbocycles. The van der Waals surface area contributed by atoms with Crippen LogP contribution in [0.1, 0.15) is 33.1 Å². The minimum Gasteiger partial charge on any atom is -0.325 e. The lowest BCUT2D eigenvalue weighted by Crippen LogP contribution is -2.39. The van der Waals surface area contributed by atoms with Crippen molar-refractivity contribution in [3.63, 3.8) is 0 Å². The van der Waals surface area contributed by atoms with Crippen molar-refractivity contribution in [2.24, 2.45) is 5.73 Å². The summed E-state index contributed by atoms with van der Waals surface area (Å²) in [6, 6.07) is 0. The van der Waals surface area contributed by atoms with Gasteiger partial charge in [-0.3, -0.25) is 0 Å². The molecule has 0 heterocycles. The summed E-state index contributed by atoms with van der Waals surface area (Å²) in [7, 11) is -2.86. The summed E-state index contributed by atoms with van der Waals surface area (Å²) in [6.07, 6.45) is 3.48. The molecule has 0 rings (SSSR count). The first kappa shape index (κ1) is 11.9. The van der Waals surface area contributed by atoms with E-state index in [1.165, 1.54) is 6.26 Å². The third kappa shape index (κ3) is 4.72. The largest absolute Gasteiger partial charge is 0.325 e. The fourth-order valence-electron chi connectivity index (χ4n) is 0.992. The zero-order valence-electron chi connectivity index (χ0n) is 8.13. The summed E-state index contributed by atoms with van der Waals surface area (Å²) >= 11 is 0. The third-order valence-corrected chi connectivity index (χ3v) is 3.32. The van der Waals surface area contributed by atoms with E-state index in [0.29, 0.717) is 6.42 Å². The normalized spacial score (nSPS) is 13.3. The summed E-state index contributed by atoms with van der Waals surface area (Å²) < 4.78 is 21.7. The second-order valence-corrected chi connectivity index (χ2v) is 5.71. The van der Waals surface area contributed by atoms with Crippen LogP contribution in [0.5, 0.6) is 0 Å². The molecular weight excluding hydrogens is 174 g/mol. The molecule has 0 aromatic rings. The van der Waals surface area contributed by atoms with Gasteiger partial charge in [-0.15, -0.1) is 0 Å². The van der Waals surface area contributed by atoms with Gasteiger partial charge in [0.05, 0.1) is 5.75 Å². The SMILES string of the molecule is CCC(N)(CC)CCS(C)(=O)=O. The monoisotopic (exact) mass is 193 g/mol. The maximum absolute atomic E-state index is 10.9. The molecule has 0 bridgehead atoms. The van der Waals surface area contributed by atoms with E-state index in [9.17, 15) is 8.42 Å². The van der Waals surface area contributed by atoms with Gasteiger partial charge in [-0.1, -0.05) is 13.8 Å². The average Bonchev–Trinajstić information content (AvgIpc) is 1.99. The summed E-state index contributed by atoms with van der Waals surface area (Å²) in [5.41, 5.74) is 5.65. The summed E-state index contributed by atoms with van der Waals surface area (Å²) in [5, 5.41) is 0. The Morgan fingerprint density at radius 2 is 1.67 bits per heavy atom. The Morgan fingerprint density at radius 1 is 1.25 bits per heavy atom. The number of sulfone groups is 1. The van der Waals surface area contributed by atoms with E-state index in [1.807, 2.05) is 13.8 Å². The fourth-order valence-corrected chi connectivity index (χ4v) is 1.77. The smallest absolute Gasteiger partial charge is 0.147 e. The van der Waals surface area contributed by atoms with Gasteiger partial charge in [0.2, 0.25) is 0 Å². The van der Waals surface area contributed by atoms with Crippen molar-refractivity contribution in [2.75, 3.05) is 12.0 Å². The average molecular weight is 193 g/mol. The first-order chi connectivity index (χ1) is 5.33. The first-order valence-corrected chi connectivity index (χ1v) is 6.35. The molecule has 0 aliphatic heterocycles. The molecule has 3 nitrogen and oxygen atoms in total.